The monoisotopic (exact) mass is 404 g/mol. The molecule has 0 radical (unpaired) electrons. The minimum atomic E-state index is -1.29. The Morgan fingerprint density at radius 1 is 1.11 bits per heavy atom. The molecule has 2 N–H and O–H groups in total. The summed E-state index contributed by atoms with van der Waals surface area (Å²) in [7, 11) is 0. The summed E-state index contributed by atoms with van der Waals surface area (Å²) in [6.45, 7) is 9.15. The van der Waals surface area contributed by atoms with Crippen LogP contribution in [0.3, 0.4) is 0 Å². The smallest absolute Gasteiger partial charge is 0.319 e. The number of thioether (sulfide) groups is 1. The van der Waals surface area contributed by atoms with Crippen molar-refractivity contribution < 1.29 is 18.7 Å². The fourth-order valence-corrected chi connectivity index (χ4v) is 3.77. The van der Waals surface area contributed by atoms with E-state index in [0.29, 0.717) is 16.8 Å². The van der Waals surface area contributed by atoms with Crippen molar-refractivity contribution >= 4 is 28.6 Å². The van der Waals surface area contributed by atoms with Gasteiger partial charge in [-0.1, -0.05) is 20.8 Å². The zero-order valence-corrected chi connectivity index (χ0v) is 17.2. The summed E-state index contributed by atoms with van der Waals surface area (Å²) in [6.07, 6.45) is 1.69. The van der Waals surface area contributed by atoms with Gasteiger partial charge in [-0.25, -0.2) is 8.78 Å². The van der Waals surface area contributed by atoms with Crippen molar-refractivity contribution in [2.45, 2.75) is 49.7 Å². The molecular formula is C21H22F2N2O2S. The van der Waals surface area contributed by atoms with Crippen molar-refractivity contribution in [1.29, 1.82) is 0 Å². The molecule has 0 atom stereocenters. The number of fused-ring (bicyclic) bond motifs is 1. The maximum absolute atomic E-state index is 14.6. The van der Waals surface area contributed by atoms with E-state index in [0.717, 1.165) is 17.3 Å². The van der Waals surface area contributed by atoms with Gasteiger partial charge in [0.25, 0.3) is 0 Å². The molecule has 2 heterocycles. The van der Waals surface area contributed by atoms with Crippen molar-refractivity contribution in [1.82, 2.24) is 9.97 Å². The van der Waals surface area contributed by atoms with Crippen molar-refractivity contribution in [3.05, 3.63) is 47.7 Å². The Morgan fingerprint density at radius 2 is 1.79 bits per heavy atom. The maximum atomic E-state index is 14.6. The highest BCUT2D eigenvalue weighted by Gasteiger charge is 2.31. The van der Waals surface area contributed by atoms with E-state index in [1.54, 1.807) is 12.3 Å². The maximum Gasteiger partial charge on any atom is 0.319 e. The van der Waals surface area contributed by atoms with Crippen molar-refractivity contribution in [3.8, 4) is 11.4 Å². The van der Waals surface area contributed by atoms with Gasteiger partial charge < -0.3 is 10.1 Å². The molecule has 0 aliphatic carbocycles. The van der Waals surface area contributed by atoms with Crippen molar-refractivity contribution in [2.24, 2.45) is 0 Å². The molecule has 148 valence electrons. The molecule has 4 nitrogen and oxygen atoms in total. The minimum Gasteiger partial charge on any atom is -0.480 e. The highest BCUT2D eigenvalue weighted by atomic mass is 32.2. The molecule has 0 amide bonds. The number of aliphatic carboxylic acids is 1. The number of hydrogen-bond acceptors (Lipinski definition) is 3. The first kappa shape index (κ1) is 20.3. The average Bonchev–Trinajstić information content (AvgIpc) is 3.02. The van der Waals surface area contributed by atoms with E-state index in [4.69, 9.17) is 0 Å². The second-order valence-electron chi connectivity index (χ2n) is 8.25. The van der Waals surface area contributed by atoms with Crippen LogP contribution in [0.4, 0.5) is 8.78 Å². The zero-order chi connectivity index (χ0) is 20.9. The standard InChI is InChI=1S/C21H22F2N2O2S/c1-20(2,3)12-6-7-24-13(10-12)14-8-11-9-15(28-21(4,5)19(26)27)16(22)17(23)18(11)25-14/h6-10,25H,1-5H3,(H,26,27). The number of carboxylic acids is 1. The fraction of sp³-hybridized carbons (Fsp3) is 0.333. The zero-order valence-electron chi connectivity index (χ0n) is 16.4. The van der Waals surface area contributed by atoms with Gasteiger partial charge in [0.1, 0.15) is 4.75 Å². The molecule has 2 aromatic heterocycles. The molecular weight excluding hydrogens is 382 g/mol. The number of hydrogen-bond donors (Lipinski definition) is 2. The minimum absolute atomic E-state index is 0.0351. The topological polar surface area (TPSA) is 66.0 Å². The van der Waals surface area contributed by atoms with Gasteiger partial charge in [-0.15, -0.1) is 11.8 Å². The first-order chi connectivity index (χ1) is 12.9. The van der Waals surface area contributed by atoms with E-state index >= 15 is 0 Å². The van der Waals surface area contributed by atoms with Gasteiger partial charge in [-0.2, -0.15) is 0 Å². The highest BCUT2D eigenvalue weighted by Crippen LogP contribution is 2.38. The molecule has 1 aromatic carbocycles. The van der Waals surface area contributed by atoms with Crippen LogP contribution in [0.5, 0.6) is 0 Å². The molecule has 0 saturated heterocycles. The van der Waals surface area contributed by atoms with Crippen LogP contribution in [0.25, 0.3) is 22.3 Å². The number of H-pyrrole nitrogens is 1. The quantitative estimate of drug-likeness (QED) is 0.543. The number of aromatic nitrogens is 2. The van der Waals surface area contributed by atoms with Crippen LogP contribution in [0.2, 0.25) is 0 Å². The number of halogens is 2. The molecule has 0 bridgehead atoms. The molecule has 3 aromatic rings. The van der Waals surface area contributed by atoms with Gasteiger partial charge in [-0.05, 0) is 49.1 Å². The normalized spacial score (nSPS) is 12.5. The van der Waals surface area contributed by atoms with E-state index in [-0.39, 0.29) is 15.8 Å². The number of benzene rings is 1. The Hall–Kier alpha value is -2.41. The summed E-state index contributed by atoms with van der Waals surface area (Å²) in [5, 5.41) is 9.73. The van der Waals surface area contributed by atoms with Crippen LogP contribution in [-0.2, 0) is 10.2 Å². The van der Waals surface area contributed by atoms with Gasteiger partial charge in [0, 0.05) is 16.5 Å². The third kappa shape index (κ3) is 3.76. The summed E-state index contributed by atoms with van der Waals surface area (Å²) in [4.78, 5) is 18.5. The second-order valence-corrected chi connectivity index (χ2v) is 9.91. The predicted molar refractivity (Wildman–Crippen MR) is 108 cm³/mol. The first-order valence-corrected chi connectivity index (χ1v) is 9.62. The number of rotatable bonds is 4. The molecule has 0 spiro atoms. The Kier molecular flexibility index (Phi) is 5.00. The Labute approximate surface area is 166 Å². The third-order valence-corrected chi connectivity index (χ3v) is 5.75. The largest absolute Gasteiger partial charge is 0.480 e. The van der Waals surface area contributed by atoms with Crippen LogP contribution >= 0.6 is 11.8 Å². The number of aromatic amines is 1. The Morgan fingerprint density at radius 3 is 2.39 bits per heavy atom. The molecule has 0 aliphatic rings. The van der Waals surface area contributed by atoms with Gasteiger partial charge in [0.05, 0.1) is 16.9 Å². The van der Waals surface area contributed by atoms with Crippen LogP contribution in [-0.4, -0.2) is 25.8 Å². The molecule has 0 unspecified atom stereocenters. The van der Waals surface area contributed by atoms with E-state index in [2.05, 4.69) is 30.7 Å². The molecule has 28 heavy (non-hydrogen) atoms. The summed E-state index contributed by atoms with van der Waals surface area (Å²) in [6, 6.07) is 7.01. The van der Waals surface area contributed by atoms with Crippen molar-refractivity contribution in [2.75, 3.05) is 0 Å². The molecule has 7 heteroatoms. The summed E-state index contributed by atoms with van der Waals surface area (Å²) in [5.74, 6) is -3.19. The van der Waals surface area contributed by atoms with Crippen LogP contribution in [0.15, 0.2) is 35.4 Å². The first-order valence-electron chi connectivity index (χ1n) is 8.80. The molecule has 0 fully saturated rings. The Bertz CT molecular complexity index is 1070. The number of nitrogens with zero attached hydrogens (tertiary/aromatic N) is 1. The molecule has 0 aliphatic heterocycles. The van der Waals surface area contributed by atoms with Crippen LogP contribution in [0, 0.1) is 11.6 Å². The lowest BCUT2D eigenvalue weighted by Gasteiger charge is -2.19. The van der Waals surface area contributed by atoms with E-state index < -0.39 is 22.4 Å². The van der Waals surface area contributed by atoms with Gasteiger partial charge >= 0.3 is 5.97 Å². The van der Waals surface area contributed by atoms with E-state index in [9.17, 15) is 18.7 Å². The van der Waals surface area contributed by atoms with Crippen molar-refractivity contribution in [3.63, 3.8) is 0 Å². The van der Waals surface area contributed by atoms with Gasteiger partial charge in [0.15, 0.2) is 11.6 Å². The van der Waals surface area contributed by atoms with E-state index in [1.807, 2.05) is 12.1 Å². The van der Waals surface area contributed by atoms with Crippen LogP contribution in [0.1, 0.15) is 40.2 Å². The van der Waals surface area contributed by atoms with Gasteiger partial charge in [-0.3, -0.25) is 9.78 Å². The lowest BCUT2D eigenvalue weighted by atomic mass is 9.87. The molecule has 3 rings (SSSR count). The predicted octanol–water partition coefficient (Wildman–Crippen LogP) is 5.76. The number of carbonyl (C=O) groups is 1. The SMILES string of the molecule is CC(C)(Sc1cc2cc(-c3cc(C(C)(C)C)ccn3)[nH]c2c(F)c1F)C(=O)O. The van der Waals surface area contributed by atoms with Gasteiger partial charge in [0.2, 0.25) is 0 Å². The average molecular weight is 404 g/mol. The summed E-state index contributed by atoms with van der Waals surface area (Å²) in [5.41, 5.74) is 2.23. The number of nitrogens with one attached hydrogen (secondary N) is 1. The molecule has 0 saturated carbocycles. The summed E-state index contributed by atoms with van der Waals surface area (Å²) >= 11 is 0.776. The van der Waals surface area contributed by atoms with Crippen LogP contribution < -0.4 is 0 Å². The Balaban J connectivity index is 2.10. The lowest BCUT2D eigenvalue weighted by Crippen LogP contribution is -2.27. The third-order valence-electron chi connectivity index (χ3n) is 4.55. The van der Waals surface area contributed by atoms with E-state index in [1.165, 1.54) is 19.9 Å². The number of pyridine rings is 1. The fourth-order valence-electron chi connectivity index (χ4n) is 2.76. The summed E-state index contributed by atoms with van der Waals surface area (Å²) < 4.78 is 27.9. The second kappa shape index (κ2) is 6.88. The highest BCUT2D eigenvalue weighted by molar-refractivity contribution is 8.01. The lowest BCUT2D eigenvalue weighted by molar-refractivity contribution is -0.138. The number of carboxylic acid groups (broad SMARTS) is 1.